The Labute approximate surface area is 110 Å². The number of halogens is 2. The molecule has 1 fully saturated rings. The van der Waals surface area contributed by atoms with Gasteiger partial charge in [0.25, 0.3) is 0 Å². The summed E-state index contributed by atoms with van der Waals surface area (Å²) in [4.78, 5) is 11.6. The van der Waals surface area contributed by atoms with Gasteiger partial charge >= 0.3 is 6.03 Å². The maximum Gasteiger partial charge on any atom is 0.319 e. The molecule has 0 saturated heterocycles. The lowest BCUT2D eigenvalue weighted by Gasteiger charge is -2.11. The van der Waals surface area contributed by atoms with Crippen molar-refractivity contribution >= 4 is 49.3 Å². The van der Waals surface area contributed by atoms with Crippen molar-refractivity contribution in [2.45, 2.75) is 18.9 Å². The van der Waals surface area contributed by atoms with E-state index in [9.17, 15) is 4.79 Å². The van der Waals surface area contributed by atoms with Gasteiger partial charge in [-0.3, -0.25) is 0 Å². The van der Waals surface area contributed by atoms with Crippen LogP contribution < -0.4 is 16.4 Å². The summed E-state index contributed by atoms with van der Waals surface area (Å²) >= 11 is 6.71. The van der Waals surface area contributed by atoms with Gasteiger partial charge in [0.15, 0.2) is 0 Å². The van der Waals surface area contributed by atoms with E-state index in [2.05, 4.69) is 42.5 Å². The molecular formula is C10H11Br2N3O. The van der Waals surface area contributed by atoms with E-state index in [4.69, 9.17) is 5.73 Å². The predicted octanol–water partition coefficient (Wildman–Crippen LogP) is 3.08. The largest absolute Gasteiger partial charge is 0.399 e. The Kier molecular flexibility index (Phi) is 3.39. The van der Waals surface area contributed by atoms with Gasteiger partial charge in [0.1, 0.15) is 0 Å². The second-order valence-corrected chi connectivity index (χ2v) is 5.44. The minimum absolute atomic E-state index is 0.186. The van der Waals surface area contributed by atoms with E-state index in [1.165, 1.54) is 0 Å². The van der Waals surface area contributed by atoms with Crippen molar-refractivity contribution in [3.05, 3.63) is 21.1 Å². The van der Waals surface area contributed by atoms with Crippen LogP contribution >= 0.6 is 31.9 Å². The normalized spacial score (nSPS) is 14.6. The molecule has 0 unspecified atom stereocenters. The van der Waals surface area contributed by atoms with Crippen molar-refractivity contribution in [3.63, 3.8) is 0 Å². The van der Waals surface area contributed by atoms with E-state index < -0.39 is 0 Å². The van der Waals surface area contributed by atoms with Crippen LogP contribution in [0.25, 0.3) is 0 Å². The minimum Gasteiger partial charge on any atom is -0.399 e. The number of anilines is 2. The van der Waals surface area contributed by atoms with Gasteiger partial charge in [-0.15, -0.1) is 0 Å². The molecule has 2 rings (SSSR count). The highest BCUT2D eigenvalue weighted by Gasteiger charge is 2.23. The second-order valence-electron chi connectivity index (χ2n) is 3.73. The lowest BCUT2D eigenvalue weighted by Crippen LogP contribution is -2.30. The van der Waals surface area contributed by atoms with Crippen molar-refractivity contribution in [1.29, 1.82) is 0 Å². The van der Waals surface area contributed by atoms with Crippen LogP contribution in [0.5, 0.6) is 0 Å². The van der Waals surface area contributed by atoms with Crippen LogP contribution in [0.1, 0.15) is 12.8 Å². The molecule has 0 spiro atoms. The first-order chi connectivity index (χ1) is 7.56. The number of benzene rings is 1. The van der Waals surface area contributed by atoms with Crippen LogP contribution in [0, 0.1) is 0 Å². The van der Waals surface area contributed by atoms with Crippen molar-refractivity contribution in [2.24, 2.45) is 0 Å². The number of urea groups is 1. The SMILES string of the molecule is Nc1cc(Br)c(NC(=O)NC2CC2)c(Br)c1. The molecule has 0 atom stereocenters. The molecular weight excluding hydrogens is 338 g/mol. The molecule has 6 heteroatoms. The van der Waals surface area contributed by atoms with Gasteiger partial charge in [0, 0.05) is 20.7 Å². The van der Waals surface area contributed by atoms with Gasteiger partial charge < -0.3 is 16.4 Å². The van der Waals surface area contributed by atoms with E-state index in [1.807, 2.05) is 0 Å². The monoisotopic (exact) mass is 347 g/mol. The summed E-state index contributed by atoms with van der Waals surface area (Å²) in [7, 11) is 0. The fourth-order valence-electron chi connectivity index (χ4n) is 1.27. The quantitative estimate of drug-likeness (QED) is 0.719. The van der Waals surface area contributed by atoms with Crippen molar-refractivity contribution in [1.82, 2.24) is 5.32 Å². The topological polar surface area (TPSA) is 67.1 Å². The van der Waals surface area contributed by atoms with E-state index in [-0.39, 0.29) is 6.03 Å². The number of carbonyl (C=O) groups is 1. The number of hydrogen-bond donors (Lipinski definition) is 3. The number of nitrogens with two attached hydrogens (primary N) is 1. The van der Waals surface area contributed by atoms with Crippen LogP contribution in [-0.2, 0) is 0 Å². The fourth-order valence-corrected chi connectivity index (χ4v) is 2.69. The molecule has 0 heterocycles. The number of carbonyl (C=O) groups excluding carboxylic acids is 1. The Morgan fingerprint density at radius 3 is 2.38 bits per heavy atom. The van der Waals surface area contributed by atoms with Gasteiger partial charge in [-0.25, -0.2) is 4.79 Å². The number of nitrogens with one attached hydrogen (secondary N) is 2. The Morgan fingerprint density at radius 1 is 1.31 bits per heavy atom. The van der Waals surface area contributed by atoms with Gasteiger partial charge in [-0.2, -0.15) is 0 Å². The summed E-state index contributed by atoms with van der Waals surface area (Å²) in [6.45, 7) is 0. The highest BCUT2D eigenvalue weighted by Crippen LogP contribution is 2.33. The third-order valence-corrected chi connectivity index (χ3v) is 3.47. The van der Waals surface area contributed by atoms with Gasteiger partial charge in [-0.05, 0) is 56.8 Å². The number of nitrogen functional groups attached to an aromatic ring is 1. The third kappa shape index (κ3) is 2.89. The van der Waals surface area contributed by atoms with Crippen LogP contribution in [-0.4, -0.2) is 12.1 Å². The fraction of sp³-hybridized carbons (Fsp3) is 0.300. The highest BCUT2D eigenvalue weighted by atomic mass is 79.9. The lowest BCUT2D eigenvalue weighted by atomic mass is 10.3. The van der Waals surface area contributed by atoms with Gasteiger partial charge in [0.2, 0.25) is 0 Å². The van der Waals surface area contributed by atoms with Crippen LogP contribution in [0.2, 0.25) is 0 Å². The molecule has 1 aromatic carbocycles. The molecule has 0 bridgehead atoms. The predicted molar refractivity (Wildman–Crippen MR) is 71.4 cm³/mol. The Morgan fingerprint density at radius 2 is 1.88 bits per heavy atom. The summed E-state index contributed by atoms with van der Waals surface area (Å²) < 4.78 is 1.51. The molecule has 0 radical (unpaired) electrons. The first kappa shape index (κ1) is 11.7. The molecule has 4 nitrogen and oxygen atoms in total. The van der Waals surface area contributed by atoms with Gasteiger partial charge in [-0.1, -0.05) is 0 Å². The lowest BCUT2D eigenvalue weighted by molar-refractivity contribution is 0.251. The molecule has 0 aliphatic heterocycles. The molecule has 1 saturated carbocycles. The molecule has 1 aliphatic carbocycles. The first-order valence-corrected chi connectivity index (χ1v) is 6.47. The zero-order valence-corrected chi connectivity index (χ0v) is 11.6. The van der Waals surface area contributed by atoms with Gasteiger partial charge in [0.05, 0.1) is 5.69 Å². The summed E-state index contributed by atoms with van der Waals surface area (Å²) in [5, 5.41) is 5.63. The smallest absolute Gasteiger partial charge is 0.319 e. The Bertz CT molecular complexity index is 409. The molecule has 1 aliphatic rings. The Balaban J connectivity index is 2.10. The zero-order chi connectivity index (χ0) is 11.7. The van der Waals surface area contributed by atoms with Crippen molar-refractivity contribution in [2.75, 3.05) is 11.1 Å². The van der Waals surface area contributed by atoms with E-state index in [0.29, 0.717) is 17.4 Å². The van der Waals surface area contributed by atoms with E-state index in [1.54, 1.807) is 12.1 Å². The second kappa shape index (κ2) is 4.63. The number of hydrogen-bond acceptors (Lipinski definition) is 2. The van der Waals surface area contributed by atoms with E-state index in [0.717, 1.165) is 21.8 Å². The Hall–Kier alpha value is -0.750. The summed E-state index contributed by atoms with van der Waals surface area (Å²) in [5.41, 5.74) is 6.98. The van der Waals surface area contributed by atoms with Crippen molar-refractivity contribution < 1.29 is 4.79 Å². The average Bonchev–Trinajstić information content (AvgIpc) is 2.95. The summed E-state index contributed by atoms with van der Waals surface area (Å²) in [6.07, 6.45) is 2.13. The maximum absolute atomic E-state index is 11.6. The highest BCUT2D eigenvalue weighted by molar-refractivity contribution is 9.11. The van der Waals surface area contributed by atoms with E-state index >= 15 is 0 Å². The molecule has 2 amide bonds. The summed E-state index contributed by atoms with van der Waals surface area (Å²) in [5.74, 6) is 0. The van der Waals surface area contributed by atoms with Crippen LogP contribution in [0.3, 0.4) is 0 Å². The average molecular weight is 349 g/mol. The zero-order valence-electron chi connectivity index (χ0n) is 8.39. The molecule has 86 valence electrons. The molecule has 4 N–H and O–H groups in total. The standard InChI is InChI=1S/C10H11Br2N3O/c11-7-3-5(13)4-8(12)9(7)15-10(16)14-6-1-2-6/h3-4,6H,1-2,13H2,(H2,14,15,16). The number of rotatable bonds is 2. The third-order valence-electron chi connectivity index (χ3n) is 2.22. The molecule has 1 aromatic rings. The minimum atomic E-state index is -0.186. The summed E-state index contributed by atoms with van der Waals surface area (Å²) in [6, 6.07) is 3.65. The number of amides is 2. The maximum atomic E-state index is 11.6. The van der Waals surface area contributed by atoms with Crippen molar-refractivity contribution in [3.8, 4) is 0 Å². The van der Waals surface area contributed by atoms with Crippen LogP contribution in [0.15, 0.2) is 21.1 Å². The molecule has 16 heavy (non-hydrogen) atoms. The first-order valence-electron chi connectivity index (χ1n) is 4.88. The van der Waals surface area contributed by atoms with Crippen LogP contribution in [0.4, 0.5) is 16.2 Å². The molecule has 0 aromatic heterocycles.